The summed E-state index contributed by atoms with van der Waals surface area (Å²) in [6.45, 7) is 1.61. The molecule has 1 unspecified atom stereocenters. The number of ether oxygens (including phenoxy) is 1. The Labute approximate surface area is 169 Å². The summed E-state index contributed by atoms with van der Waals surface area (Å²) in [6, 6.07) is 3.86. The van der Waals surface area contributed by atoms with Gasteiger partial charge in [0.15, 0.2) is 17.3 Å². The quantitative estimate of drug-likeness (QED) is 0.605. The largest absolute Gasteiger partial charge is 0.482 e. The van der Waals surface area contributed by atoms with Gasteiger partial charge >= 0.3 is 0 Å². The van der Waals surface area contributed by atoms with E-state index in [1.807, 2.05) is 0 Å². The Morgan fingerprint density at radius 3 is 2.79 bits per heavy atom. The number of aromatic nitrogens is 4. The maximum Gasteiger partial charge on any atom is 0.276 e. The molecule has 1 atom stereocenters. The normalized spacial score (nSPS) is 11.9. The van der Waals surface area contributed by atoms with Crippen molar-refractivity contribution in [1.29, 1.82) is 0 Å². The molecular weight excluding hydrogens is 410 g/mol. The van der Waals surface area contributed by atoms with Crippen molar-refractivity contribution in [2.45, 2.75) is 13.0 Å². The summed E-state index contributed by atoms with van der Waals surface area (Å²) in [7, 11) is 1.72. The Morgan fingerprint density at radius 1 is 1.36 bits per heavy atom. The number of benzene rings is 1. The number of halogens is 3. The van der Waals surface area contributed by atoms with Gasteiger partial charge in [0, 0.05) is 29.9 Å². The van der Waals surface area contributed by atoms with E-state index in [2.05, 4.69) is 20.6 Å². The standard InChI is InChI=1S/C17H15Cl2FN6O2/c1-8(14-10(18)3-4-11(20)15(14)19)28-13-5-12(24-25-16(13)21)17(27)23-9-6-22-26(2)7-9/h3-8H,1-2H3,(H2,21,25)(H,23,27). The van der Waals surface area contributed by atoms with Crippen LogP contribution in [0.2, 0.25) is 10.0 Å². The minimum absolute atomic E-state index is 0.0308. The topological polar surface area (TPSA) is 108 Å². The summed E-state index contributed by atoms with van der Waals surface area (Å²) < 4.78 is 21.0. The van der Waals surface area contributed by atoms with Crippen molar-refractivity contribution in [2.24, 2.45) is 7.05 Å². The number of nitrogens with one attached hydrogen (secondary N) is 1. The average molecular weight is 425 g/mol. The summed E-state index contributed by atoms with van der Waals surface area (Å²) in [5.74, 6) is -1.13. The van der Waals surface area contributed by atoms with Crippen LogP contribution in [0.3, 0.4) is 0 Å². The molecular formula is C17H15Cl2FN6O2. The van der Waals surface area contributed by atoms with E-state index in [1.54, 1.807) is 20.2 Å². The van der Waals surface area contributed by atoms with Crippen LogP contribution in [0.15, 0.2) is 30.6 Å². The lowest BCUT2D eigenvalue weighted by Crippen LogP contribution is -2.16. The van der Waals surface area contributed by atoms with Crippen LogP contribution in [0, 0.1) is 5.82 Å². The maximum atomic E-state index is 13.8. The third-order valence-electron chi connectivity index (χ3n) is 3.77. The molecule has 0 aliphatic rings. The Morgan fingerprint density at radius 2 is 2.11 bits per heavy atom. The van der Waals surface area contributed by atoms with Gasteiger partial charge in [0.1, 0.15) is 11.9 Å². The first kappa shape index (κ1) is 19.8. The van der Waals surface area contributed by atoms with Crippen molar-refractivity contribution in [2.75, 3.05) is 11.1 Å². The first-order valence-electron chi connectivity index (χ1n) is 7.99. The number of aryl methyl sites for hydroxylation is 1. The van der Waals surface area contributed by atoms with Crippen LogP contribution >= 0.6 is 23.2 Å². The van der Waals surface area contributed by atoms with E-state index in [9.17, 15) is 9.18 Å². The lowest BCUT2D eigenvalue weighted by atomic mass is 10.1. The average Bonchev–Trinajstić information content (AvgIpc) is 3.05. The molecule has 3 aromatic rings. The minimum Gasteiger partial charge on any atom is -0.482 e. The van der Waals surface area contributed by atoms with Crippen LogP contribution in [0.5, 0.6) is 5.75 Å². The van der Waals surface area contributed by atoms with Crippen molar-refractivity contribution in [3.05, 3.63) is 57.7 Å². The van der Waals surface area contributed by atoms with E-state index < -0.39 is 17.8 Å². The fourth-order valence-corrected chi connectivity index (χ4v) is 3.11. The summed E-state index contributed by atoms with van der Waals surface area (Å²) in [5.41, 5.74) is 6.50. The summed E-state index contributed by atoms with van der Waals surface area (Å²) in [5, 5.41) is 14.2. The van der Waals surface area contributed by atoms with Gasteiger partial charge in [0.05, 0.1) is 16.9 Å². The molecule has 8 nitrogen and oxygen atoms in total. The molecule has 0 bridgehead atoms. The number of anilines is 2. The summed E-state index contributed by atoms with van der Waals surface area (Å²) in [6.07, 6.45) is 2.34. The van der Waals surface area contributed by atoms with E-state index >= 15 is 0 Å². The molecule has 3 N–H and O–H groups in total. The Bertz CT molecular complexity index is 1040. The molecule has 0 saturated carbocycles. The van der Waals surface area contributed by atoms with Gasteiger partial charge in [-0.15, -0.1) is 10.2 Å². The molecule has 0 aliphatic heterocycles. The van der Waals surface area contributed by atoms with Gasteiger partial charge in [-0.1, -0.05) is 23.2 Å². The smallest absolute Gasteiger partial charge is 0.276 e. The molecule has 11 heteroatoms. The predicted octanol–water partition coefficient (Wildman–Crippen LogP) is 3.63. The van der Waals surface area contributed by atoms with Gasteiger partial charge < -0.3 is 15.8 Å². The fourth-order valence-electron chi connectivity index (χ4n) is 2.44. The van der Waals surface area contributed by atoms with E-state index in [0.29, 0.717) is 5.69 Å². The molecule has 146 valence electrons. The molecule has 3 rings (SSSR count). The van der Waals surface area contributed by atoms with Crippen molar-refractivity contribution in [3.8, 4) is 5.75 Å². The fraction of sp³-hybridized carbons (Fsp3) is 0.176. The second kappa shape index (κ2) is 7.99. The number of hydrogen-bond donors (Lipinski definition) is 2. The van der Waals surface area contributed by atoms with Crippen molar-refractivity contribution in [3.63, 3.8) is 0 Å². The van der Waals surface area contributed by atoms with Gasteiger partial charge in [-0.2, -0.15) is 5.10 Å². The van der Waals surface area contributed by atoms with Gasteiger partial charge in [-0.05, 0) is 19.1 Å². The highest BCUT2D eigenvalue weighted by Gasteiger charge is 2.21. The van der Waals surface area contributed by atoms with Gasteiger partial charge in [-0.3, -0.25) is 9.48 Å². The Balaban J connectivity index is 1.84. The third kappa shape index (κ3) is 4.15. The Hall–Kier alpha value is -2.91. The highest BCUT2D eigenvalue weighted by atomic mass is 35.5. The zero-order valence-corrected chi connectivity index (χ0v) is 16.3. The van der Waals surface area contributed by atoms with E-state index in [0.717, 1.165) is 6.07 Å². The molecule has 2 aromatic heterocycles. The second-order valence-electron chi connectivity index (χ2n) is 5.85. The number of carbonyl (C=O) groups excluding carboxylic acids is 1. The molecule has 28 heavy (non-hydrogen) atoms. The number of nitrogen functional groups attached to an aromatic ring is 1. The SMILES string of the molecule is CC(Oc1cc(C(=O)Nc2cnn(C)c2)nnc1N)c1c(Cl)ccc(F)c1Cl. The van der Waals surface area contributed by atoms with Crippen molar-refractivity contribution < 1.29 is 13.9 Å². The number of amides is 1. The first-order valence-corrected chi connectivity index (χ1v) is 8.75. The van der Waals surface area contributed by atoms with Gasteiger partial charge in [-0.25, -0.2) is 4.39 Å². The van der Waals surface area contributed by atoms with Crippen molar-refractivity contribution >= 4 is 40.6 Å². The third-order valence-corrected chi connectivity index (χ3v) is 4.48. The lowest BCUT2D eigenvalue weighted by molar-refractivity contribution is 0.102. The Kier molecular flexibility index (Phi) is 5.66. The van der Waals surface area contributed by atoms with Gasteiger partial charge in [0.2, 0.25) is 0 Å². The predicted molar refractivity (Wildman–Crippen MR) is 103 cm³/mol. The minimum atomic E-state index is -0.767. The molecule has 2 heterocycles. The molecule has 1 amide bonds. The first-order chi connectivity index (χ1) is 13.3. The zero-order chi connectivity index (χ0) is 20.4. The van der Waals surface area contributed by atoms with Gasteiger partial charge in [0.25, 0.3) is 5.91 Å². The highest BCUT2D eigenvalue weighted by Crippen LogP contribution is 2.35. The van der Waals surface area contributed by atoms with Crippen LogP contribution in [-0.2, 0) is 7.05 Å². The number of rotatable bonds is 5. The molecule has 0 aliphatic carbocycles. The molecule has 1 aromatic carbocycles. The number of nitrogens with two attached hydrogens (primary N) is 1. The van der Waals surface area contributed by atoms with Crippen molar-refractivity contribution in [1.82, 2.24) is 20.0 Å². The molecule has 0 saturated heterocycles. The number of hydrogen-bond acceptors (Lipinski definition) is 6. The maximum absolute atomic E-state index is 13.8. The lowest BCUT2D eigenvalue weighted by Gasteiger charge is -2.18. The van der Waals surface area contributed by atoms with E-state index in [1.165, 1.54) is 23.0 Å². The van der Waals surface area contributed by atoms with Crippen LogP contribution in [0.25, 0.3) is 0 Å². The van der Waals surface area contributed by atoms with Crippen LogP contribution in [-0.4, -0.2) is 25.9 Å². The number of nitrogens with zero attached hydrogens (tertiary/aromatic N) is 4. The van der Waals surface area contributed by atoms with Crippen LogP contribution in [0.1, 0.15) is 29.1 Å². The molecule has 0 spiro atoms. The highest BCUT2D eigenvalue weighted by molar-refractivity contribution is 6.36. The summed E-state index contributed by atoms with van der Waals surface area (Å²) in [4.78, 5) is 12.4. The van der Waals surface area contributed by atoms with E-state index in [4.69, 9.17) is 33.7 Å². The molecule has 0 radical (unpaired) electrons. The summed E-state index contributed by atoms with van der Waals surface area (Å²) >= 11 is 12.1. The molecule has 0 fully saturated rings. The van der Waals surface area contributed by atoms with Crippen LogP contribution < -0.4 is 15.8 Å². The zero-order valence-electron chi connectivity index (χ0n) is 14.8. The monoisotopic (exact) mass is 424 g/mol. The number of carbonyl (C=O) groups is 1. The van der Waals surface area contributed by atoms with Crippen LogP contribution in [0.4, 0.5) is 15.9 Å². The van der Waals surface area contributed by atoms with E-state index in [-0.39, 0.29) is 32.9 Å². The second-order valence-corrected chi connectivity index (χ2v) is 6.64.